The quantitative estimate of drug-likeness (QED) is 0.732. The van der Waals surface area contributed by atoms with Gasteiger partial charge in [-0.1, -0.05) is 34.6 Å². The molecule has 1 nitrogen and oxygen atoms in total. The Balaban J connectivity index is 2.36. The molecule has 1 aliphatic heterocycles. The zero-order chi connectivity index (χ0) is 13.5. The van der Waals surface area contributed by atoms with E-state index in [9.17, 15) is 0 Å². The first-order valence-electron chi connectivity index (χ1n) is 6.60. The first kappa shape index (κ1) is 14.5. The molecule has 18 heavy (non-hydrogen) atoms. The minimum atomic E-state index is 0.287. The van der Waals surface area contributed by atoms with Crippen molar-refractivity contribution in [3.63, 3.8) is 0 Å². The Morgan fingerprint density at radius 2 is 2.11 bits per heavy atom. The minimum Gasteiger partial charge on any atom is -0.294 e. The van der Waals surface area contributed by atoms with Gasteiger partial charge >= 0.3 is 0 Å². The minimum absolute atomic E-state index is 0.287. The molecule has 101 valence electrons. The van der Waals surface area contributed by atoms with Crippen molar-refractivity contribution in [2.24, 2.45) is 5.41 Å². The second kappa shape index (κ2) is 5.26. The highest BCUT2D eigenvalue weighted by molar-refractivity contribution is 9.11. The molecule has 0 aromatic carbocycles. The predicted octanol–water partition coefficient (Wildman–Crippen LogP) is 5.07. The van der Waals surface area contributed by atoms with Crippen molar-refractivity contribution in [2.75, 3.05) is 13.1 Å². The van der Waals surface area contributed by atoms with E-state index >= 15 is 0 Å². The van der Waals surface area contributed by atoms with E-state index in [4.69, 9.17) is 0 Å². The first-order chi connectivity index (χ1) is 8.29. The topological polar surface area (TPSA) is 3.24 Å². The average molecular weight is 329 g/mol. The standard InChI is InChI=1S/C15H23BrNS/c1-10(2)9-17-7-6-11-8-12(16)18-13(11)14(17)15(3,4)5/h8,14H,6-7,9H2,1-5H3. The number of halogens is 1. The van der Waals surface area contributed by atoms with Gasteiger partial charge in [-0.3, -0.25) is 4.90 Å². The number of nitrogens with zero attached hydrogens (tertiary/aromatic N) is 1. The van der Waals surface area contributed by atoms with Crippen molar-refractivity contribution in [1.82, 2.24) is 4.90 Å². The molecule has 1 aromatic rings. The smallest absolute Gasteiger partial charge is 0.0704 e. The Labute approximate surface area is 124 Å². The second-order valence-electron chi connectivity index (χ2n) is 6.64. The van der Waals surface area contributed by atoms with Crippen LogP contribution in [0, 0.1) is 11.3 Å². The summed E-state index contributed by atoms with van der Waals surface area (Å²) < 4.78 is 1.28. The SMILES string of the molecule is C[C](C)CN1CCc2cc(Br)sc2C1C(C)(C)C. The largest absolute Gasteiger partial charge is 0.294 e. The van der Waals surface area contributed by atoms with E-state index in [1.54, 1.807) is 10.4 Å². The third kappa shape index (κ3) is 3.00. The van der Waals surface area contributed by atoms with E-state index in [2.05, 4.69) is 61.5 Å². The molecule has 1 aliphatic rings. The molecule has 0 bridgehead atoms. The number of hydrogen-bond donors (Lipinski definition) is 0. The van der Waals surface area contributed by atoms with Crippen LogP contribution >= 0.6 is 27.3 Å². The van der Waals surface area contributed by atoms with Gasteiger partial charge in [0.1, 0.15) is 0 Å². The Morgan fingerprint density at radius 3 is 2.67 bits per heavy atom. The van der Waals surface area contributed by atoms with Crippen LogP contribution < -0.4 is 0 Å². The zero-order valence-corrected chi connectivity index (χ0v) is 14.4. The average Bonchev–Trinajstić information content (AvgIpc) is 2.54. The van der Waals surface area contributed by atoms with Crippen LogP contribution in [0.3, 0.4) is 0 Å². The van der Waals surface area contributed by atoms with E-state index in [-0.39, 0.29) is 5.41 Å². The van der Waals surface area contributed by atoms with Gasteiger partial charge in [0.2, 0.25) is 0 Å². The Bertz CT molecular complexity index is 417. The van der Waals surface area contributed by atoms with Gasteiger partial charge in [0.05, 0.1) is 3.79 Å². The van der Waals surface area contributed by atoms with Gasteiger partial charge in [-0.25, -0.2) is 0 Å². The van der Waals surface area contributed by atoms with Crippen molar-refractivity contribution >= 4 is 27.3 Å². The number of hydrogen-bond acceptors (Lipinski definition) is 2. The van der Waals surface area contributed by atoms with E-state index in [1.807, 2.05) is 11.3 Å². The van der Waals surface area contributed by atoms with E-state index in [0.29, 0.717) is 6.04 Å². The maximum Gasteiger partial charge on any atom is 0.0704 e. The summed E-state index contributed by atoms with van der Waals surface area (Å²) >= 11 is 5.57. The summed E-state index contributed by atoms with van der Waals surface area (Å²) in [6, 6.07) is 2.87. The molecule has 0 saturated heterocycles. The summed E-state index contributed by atoms with van der Waals surface area (Å²) in [5.41, 5.74) is 1.84. The van der Waals surface area contributed by atoms with Crippen LogP contribution in [0.15, 0.2) is 9.85 Å². The van der Waals surface area contributed by atoms with Gasteiger partial charge in [0.25, 0.3) is 0 Å². The molecule has 3 heteroatoms. The summed E-state index contributed by atoms with van der Waals surface area (Å²) in [6.45, 7) is 13.9. The van der Waals surface area contributed by atoms with Crippen LogP contribution in [-0.4, -0.2) is 18.0 Å². The van der Waals surface area contributed by atoms with Crippen LogP contribution in [0.2, 0.25) is 0 Å². The monoisotopic (exact) mass is 328 g/mol. The van der Waals surface area contributed by atoms with Gasteiger partial charge in [0, 0.05) is 24.0 Å². The van der Waals surface area contributed by atoms with Gasteiger partial charge in [0.15, 0.2) is 0 Å². The van der Waals surface area contributed by atoms with Crippen LogP contribution in [-0.2, 0) is 6.42 Å². The third-order valence-corrected chi connectivity index (χ3v) is 5.17. The zero-order valence-electron chi connectivity index (χ0n) is 12.0. The summed E-state index contributed by atoms with van der Waals surface area (Å²) in [6.07, 6.45) is 1.19. The highest BCUT2D eigenvalue weighted by Crippen LogP contribution is 2.46. The lowest BCUT2D eigenvalue weighted by atomic mass is 9.81. The fraction of sp³-hybridized carbons (Fsp3) is 0.667. The van der Waals surface area contributed by atoms with Crippen LogP contribution in [0.4, 0.5) is 0 Å². The maximum atomic E-state index is 3.65. The van der Waals surface area contributed by atoms with Crippen molar-refractivity contribution in [3.05, 3.63) is 26.2 Å². The van der Waals surface area contributed by atoms with Crippen LogP contribution in [0.1, 0.15) is 51.1 Å². The van der Waals surface area contributed by atoms with E-state index in [1.165, 1.54) is 22.7 Å². The molecule has 0 aliphatic carbocycles. The highest BCUT2D eigenvalue weighted by Gasteiger charge is 2.37. The molecular formula is C15H23BrNS. The van der Waals surface area contributed by atoms with E-state index < -0.39 is 0 Å². The maximum absolute atomic E-state index is 3.65. The summed E-state index contributed by atoms with van der Waals surface area (Å²) in [5, 5.41) is 0. The molecule has 0 saturated carbocycles. The van der Waals surface area contributed by atoms with Crippen LogP contribution in [0.25, 0.3) is 0 Å². The molecule has 1 unspecified atom stereocenters. The van der Waals surface area contributed by atoms with Crippen molar-refractivity contribution in [1.29, 1.82) is 0 Å². The van der Waals surface area contributed by atoms with Crippen molar-refractivity contribution < 1.29 is 0 Å². The number of thiophene rings is 1. The normalized spacial score (nSPS) is 21.4. The molecule has 2 heterocycles. The summed E-state index contributed by atoms with van der Waals surface area (Å²) in [7, 11) is 0. The van der Waals surface area contributed by atoms with Crippen LogP contribution in [0.5, 0.6) is 0 Å². The highest BCUT2D eigenvalue weighted by atomic mass is 79.9. The fourth-order valence-electron chi connectivity index (χ4n) is 2.91. The van der Waals surface area contributed by atoms with Crippen molar-refractivity contribution in [3.8, 4) is 0 Å². The summed E-state index contributed by atoms with van der Waals surface area (Å²) in [4.78, 5) is 4.22. The number of fused-ring (bicyclic) bond motifs is 1. The van der Waals surface area contributed by atoms with Gasteiger partial charge in [-0.2, -0.15) is 0 Å². The molecular weight excluding hydrogens is 306 g/mol. The molecule has 0 fully saturated rings. The van der Waals surface area contributed by atoms with E-state index in [0.717, 1.165) is 6.54 Å². The first-order valence-corrected chi connectivity index (χ1v) is 8.21. The summed E-state index contributed by atoms with van der Waals surface area (Å²) in [5.74, 6) is 1.50. The Hall–Kier alpha value is 0.140. The molecule has 1 aromatic heterocycles. The lowest BCUT2D eigenvalue weighted by molar-refractivity contribution is 0.0970. The molecule has 0 N–H and O–H groups in total. The molecule has 1 atom stereocenters. The van der Waals surface area contributed by atoms with Gasteiger partial charge in [-0.05, 0) is 45.3 Å². The fourth-order valence-corrected chi connectivity index (χ4v) is 5.03. The van der Waals surface area contributed by atoms with Crippen molar-refractivity contribution in [2.45, 2.75) is 47.1 Å². The molecule has 0 amide bonds. The molecule has 2 rings (SSSR count). The number of rotatable bonds is 2. The second-order valence-corrected chi connectivity index (χ2v) is 9.10. The third-order valence-electron chi connectivity index (χ3n) is 3.43. The Morgan fingerprint density at radius 1 is 1.44 bits per heavy atom. The molecule has 1 radical (unpaired) electrons. The van der Waals surface area contributed by atoms with Gasteiger partial charge < -0.3 is 0 Å². The Kier molecular flexibility index (Phi) is 4.25. The lowest BCUT2D eigenvalue weighted by Gasteiger charge is -2.43. The predicted molar refractivity (Wildman–Crippen MR) is 84.1 cm³/mol. The lowest BCUT2D eigenvalue weighted by Crippen LogP contribution is -2.42. The van der Waals surface area contributed by atoms with Gasteiger partial charge in [-0.15, -0.1) is 11.3 Å². The molecule has 0 spiro atoms.